The molecule has 108 valence electrons. The molecule has 0 aliphatic heterocycles. The molecule has 0 saturated heterocycles. The van der Waals surface area contributed by atoms with Gasteiger partial charge in [0.15, 0.2) is 0 Å². The van der Waals surface area contributed by atoms with Crippen LogP contribution in [0.4, 0.5) is 0 Å². The molecule has 2 rings (SSSR count). The molecule has 1 heterocycles. The molecule has 1 aromatic heterocycles. The maximum absolute atomic E-state index is 10.7. The first-order valence-corrected chi connectivity index (χ1v) is 8.18. The maximum Gasteiger partial charge on any atom is 0.0949 e. The van der Waals surface area contributed by atoms with Gasteiger partial charge in [0.05, 0.1) is 6.10 Å². The molecule has 0 amide bonds. The van der Waals surface area contributed by atoms with Crippen LogP contribution in [-0.4, -0.2) is 11.7 Å². The van der Waals surface area contributed by atoms with Crippen molar-refractivity contribution < 1.29 is 5.11 Å². The third-order valence-corrected chi connectivity index (χ3v) is 5.93. The van der Waals surface area contributed by atoms with Gasteiger partial charge in [-0.2, -0.15) is 0 Å². The van der Waals surface area contributed by atoms with E-state index in [-0.39, 0.29) is 5.41 Å². The van der Waals surface area contributed by atoms with E-state index >= 15 is 0 Å². The Morgan fingerprint density at radius 1 is 1.42 bits per heavy atom. The minimum absolute atomic E-state index is 0.105. The molecular formula is C16H27NOS. The lowest BCUT2D eigenvalue weighted by molar-refractivity contribution is -0.0214. The minimum atomic E-state index is -0.390. The number of hydrogen-bond donors (Lipinski definition) is 2. The Bertz CT molecular complexity index is 385. The lowest BCUT2D eigenvalue weighted by atomic mass is 9.62. The van der Waals surface area contributed by atoms with Gasteiger partial charge in [0.25, 0.3) is 0 Å². The Morgan fingerprint density at radius 3 is 2.47 bits per heavy atom. The van der Waals surface area contributed by atoms with Crippen LogP contribution >= 0.6 is 11.3 Å². The molecule has 3 N–H and O–H groups in total. The van der Waals surface area contributed by atoms with Crippen LogP contribution in [0.2, 0.25) is 0 Å². The van der Waals surface area contributed by atoms with Crippen LogP contribution in [0.15, 0.2) is 17.5 Å². The Labute approximate surface area is 121 Å². The molecule has 0 bridgehead atoms. The molecule has 1 unspecified atom stereocenters. The molecule has 0 spiro atoms. The van der Waals surface area contributed by atoms with Gasteiger partial charge in [-0.05, 0) is 48.5 Å². The molecule has 1 aliphatic rings. The van der Waals surface area contributed by atoms with Crippen molar-refractivity contribution in [2.24, 2.45) is 22.5 Å². The molecule has 1 saturated carbocycles. The summed E-state index contributed by atoms with van der Waals surface area (Å²) in [5.74, 6) is 0.753. The average molecular weight is 281 g/mol. The van der Waals surface area contributed by atoms with E-state index in [9.17, 15) is 5.11 Å². The van der Waals surface area contributed by atoms with Crippen LogP contribution in [-0.2, 0) is 0 Å². The summed E-state index contributed by atoms with van der Waals surface area (Å²) in [6, 6.07) is 4.04. The van der Waals surface area contributed by atoms with Crippen LogP contribution < -0.4 is 5.73 Å². The summed E-state index contributed by atoms with van der Waals surface area (Å²) in [5, 5.41) is 12.7. The van der Waals surface area contributed by atoms with Gasteiger partial charge in [0.2, 0.25) is 0 Å². The van der Waals surface area contributed by atoms with Crippen molar-refractivity contribution in [1.82, 2.24) is 0 Å². The van der Waals surface area contributed by atoms with Crippen molar-refractivity contribution in [2.75, 3.05) is 6.54 Å². The van der Waals surface area contributed by atoms with Crippen molar-refractivity contribution in [3.05, 3.63) is 22.4 Å². The summed E-state index contributed by atoms with van der Waals surface area (Å²) in [6.45, 7) is 7.55. The van der Waals surface area contributed by atoms with Crippen molar-refractivity contribution in [1.29, 1.82) is 0 Å². The quantitative estimate of drug-likeness (QED) is 0.881. The van der Waals surface area contributed by atoms with E-state index in [2.05, 4.69) is 20.8 Å². The summed E-state index contributed by atoms with van der Waals surface area (Å²) >= 11 is 1.64. The van der Waals surface area contributed by atoms with Crippen LogP contribution in [0.25, 0.3) is 0 Å². The number of aliphatic hydroxyl groups is 1. The zero-order chi connectivity index (χ0) is 14.1. The fraction of sp³-hybridized carbons (Fsp3) is 0.750. The van der Waals surface area contributed by atoms with Crippen molar-refractivity contribution in [3.8, 4) is 0 Å². The molecule has 1 aliphatic carbocycles. The van der Waals surface area contributed by atoms with Crippen LogP contribution in [0, 0.1) is 16.7 Å². The number of aliphatic hydroxyl groups excluding tert-OH is 1. The number of thiophene rings is 1. The van der Waals surface area contributed by atoms with Gasteiger partial charge >= 0.3 is 0 Å². The molecule has 1 fully saturated rings. The normalized spacial score (nSPS) is 30.3. The monoisotopic (exact) mass is 281 g/mol. The van der Waals surface area contributed by atoms with E-state index in [1.807, 2.05) is 17.5 Å². The Hall–Kier alpha value is -0.380. The minimum Gasteiger partial charge on any atom is -0.387 e. The Morgan fingerprint density at radius 2 is 2.05 bits per heavy atom. The highest BCUT2D eigenvalue weighted by Gasteiger charge is 2.43. The van der Waals surface area contributed by atoms with E-state index in [1.54, 1.807) is 11.3 Å². The fourth-order valence-corrected chi connectivity index (χ4v) is 4.25. The first-order valence-electron chi connectivity index (χ1n) is 7.30. The van der Waals surface area contributed by atoms with E-state index in [4.69, 9.17) is 5.73 Å². The third kappa shape index (κ3) is 3.04. The standard InChI is InChI=1S/C16H27NOS/c1-15(2,3)12-6-8-16(11-17,9-7-12)14(18)13-5-4-10-19-13/h4-5,10,12,14,18H,6-9,11,17H2,1-3H3. The Kier molecular flexibility index (Phi) is 4.38. The van der Waals surface area contributed by atoms with Gasteiger partial charge in [-0.3, -0.25) is 0 Å². The zero-order valence-corrected chi connectivity index (χ0v) is 13.2. The topological polar surface area (TPSA) is 46.2 Å². The average Bonchev–Trinajstić information content (AvgIpc) is 2.90. The lowest BCUT2D eigenvalue weighted by Gasteiger charge is -2.45. The molecular weight excluding hydrogens is 254 g/mol. The SMILES string of the molecule is CC(C)(C)C1CCC(CN)(C(O)c2cccs2)CC1. The van der Waals surface area contributed by atoms with Gasteiger partial charge in [-0.25, -0.2) is 0 Å². The molecule has 1 atom stereocenters. The first-order chi connectivity index (χ1) is 8.89. The van der Waals surface area contributed by atoms with E-state index in [0.717, 1.165) is 23.6 Å². The van der Waals surface area contributed by atoms with Crippen LogP contribution in [0.5, 0.6) is 0 Å². The summed E-state index contributed by atoms with van der Waals surface area (Å²) in [4.78, 5) is 1.07. The van der Waals surface area contributed by atoms with Gasteiger partial charge in [0, 0.05) is 16.8 Å². The molecule has 0 aromatic carbocycles. The first kappa shape index (κ1) is 15.0. The molecule has 0 radical (unpaired) electrons. The second-order valence-electron chi connectivity index (χ2n) is 7.12. The lowest BCUT2D eigenvalue weighted by Crippen LogP contribution is -2.41. The smallest absolute Gasteiger partial charge is 0.0949 e. The zero-order valence-electron chi connectivity index (χ0n) is 12.4. The van der Waals surface area contributed by atoms with E-state index in [0.29, 0.717) is 12.0 Å². The third-order valence-electron chi connectivity index (χ3n) is 5.01. The molecule has 2 nitrogen and oxygen atoms in total. The number of rotatable bonds is 3. The highest BCUT2D eigenvalue weighted by molar-refractivity contribution is 7.10. The predicted octanol–water partition coefficient (Wildman–Crippen LogP) is 3.96. The van der Waals surface area contributed by atoms with E-state index in [1.165, 1.54) is 12.8 Å². The van der Waals surface area contributed by atoms with Crippen molar-refractivity contribution >= 4 is 11.3 Å². The predicted molar refractivity (Wildman–Crippen MR) is 82.2 cm³/mol. The van der Waals surface area contributed by atoms with E-state index < -0.39 is 6.10 Å². The summed E-state index contributed by atoms with van der Waals surface area (Å²) in [6.07, 6.45) is 4.07. The summed E-state index contributed by atoms with van der Waals surface area (Å²) in [5.41, 5.74) is 6.31. The second-order valence-corrected chi connectivity index (χ2v) is 8.10. The van der Waals surface area contributed by atoms with Crippen LogP contribution in [0.1, 0.15) is 57.4 Å². The molecule has 3 heteroatoms. The molecule has 19 heavy (non-hydrogen) atoms. The van der Waals surface area contributed by atoms with Gasteiger partial charge < -0.3 is 10.8 Å². The van der Waals surface area contributed by atoms with Gasteiger partial charge in [-0.1, -0.05) is 26.8 Å². The largest absolute Gasteiger partial charge is 0.387 e. The number of hydrogen-bond acceptors (Lipinski definition) is 3. The Balaban J connectivity index is 2.10. The van der Waals surface area contributed by atoms with Gasteiger partial charge in [0.1, 0.15) is 0 Å². The summed E-state index contributed by atoms with van der Waals surface area (Å²) < 4.78 is 0. The maximum atomic E-state index is 10.7. The second kappa shape index (κ2) is 5.55. The fourth-order valence-electron chi connectivity index (χ4n) is 3.40. The highest BCUT2D eigenvalue weighted by atomic mass is 32.1. The summed E-state index contributed by atoms with van der Waals surface area (Å²) in [7, 11) is 0. The van der Waals surface area contributed by atoms with Gasteiger partial charge in [-0.15, -0.1) is 11.3 Å². The number of nitrogens with two attached hydrogens (primary N) is 1. The highest BCUT2D eigenvalue weighted by Crippen LogP contribution is 2.50. The van der Waals surface area contributed by atoms with Crippen molar-refractivity contribution in [3.63, 3.8) is 0 Å². The van der Waals surface area contributed by atoms with Crippen LogP contribution in [0.3, 0.4) is 0 Å². The van der Waals surface area contributed by atoms with Crippen molar-refractivity contribution in [2.45, 2.75) is 52.6 Å². The molecule has 1 aromatic rings.